The second-order valence-corrected chi connectivity index (χ2v) is 13.6. The molecule has 1 saturated carbocycles. The summed E-state index contributed by atoms with van der Waals surface area (Å²) in [6, 6.07) is 12.6. The van der Waals surface area contributed by atoms with Crippen molar-refractivity contribution in [2.45, 2.75) is 167 Å². The molecule has 0 saturated heterocycles. The predicted octanol–water partition coefficient (Wildman–Crippen LogP) is 10.4. The van der Waals surface area contributed by atoms with Gasteiger partial charge in [0.15, 0.2) is 6.20 Å². The molecule has 1 aromatic carbocycles. The molecule has 1 atom stereocenters. The Morgan fingerprint density at radius 1 is 0.761 bits per heavy atom. The molecular formula is C40H65N2O4+. The van der Waals surface area contributed by atoms with Gasteiger partial charge in [0.2, 0.25) is 5.52 Å². The van der Waals surface area contributed by atoms with Crippen LogP contribution in [0.2, 0.25) is 0 Å². The number of pyridine rings is 1. The highest BCUT2D eigenvalue weighted by atomic mass is 16.6. The van der Waals surface area contributed by atoms with Gasteiger partial charge in [-0.05, 0) is 43.7 Å². The fourth-order valence-corrected chi connectivity index (χ4v) is 6.86. The fourth-order valence-electron chi connectivity index (χ4n) is 6.86. The Morgan fingerprint density at radius 2 is 1.35 bits per heavy atom. The molecule has 2 aromatic rings. The lowest BCUT2D eigenvalue weighted by Gasteiger charge is -2.23. The largest absolute Gasteiger partial charge is 0.458 e. The van der Waals surface area contributed by atoms with Gasteiger partial charge in [-0.15, -0.1) is 0 Å². The van der Waals surface area contributed by atoms with Crippen molar-refractivity contribution in [2.75, 3.05) is 13.2 Å². The average Bonchev–Trinajstić information content (AvgIpc) is 3.62. The molecule has 0 aliphatic heterocycles. The molecule has 1 aliphatic rings. The van der Waals surface area contributed by atoms with E-state index in [1.54, 1.807) is 0 Å². The normalized spacial score (nSPS) is 14.0. The standard InChI is InChI=1S/C40H64N2O4/c1-2-3-4-5-6-7-8-9-10-11-12-13-14-15-16-22-31-41-40(44)45-34-38(36-26-17-18-27-36)46-39(43)30-21-23-32-42-33-24-28-35-25-19-20-29-37(35)42/h19-20,24-25,28-29,33,36,38H,2-18,21-23,26-27,30-32,34H2,1H3/p+1. The third kappa shape index (κ3) is 16.3. The van der Waals surface area contributed by atoms with Gasteiger partial charge in [0.25, 0.3) is 0 Å². The summed E-state index contributed by atoms with van der Waals surface area (Å²) < 4.78 is 13.7. The molecule has 0 bridgehead atoms. The first-order valence-corrected chi connectivity index (χ1v) is 19.1. The van der Waals surface area contributed by atoms with Crippen LogP contribution in [-0.4, -0.2) is 31.3 Å². The van der Waals surface area contributed by atoms with Crippen molar-refractivity contribution in [1.82, 2.24) is 5.32 Å². The minimum absolute atomic E-state index is 0.146. The second-order valence-electron chi connectivity index (χ2n) is 13.6. The lowest BCUT2D eigenvalue weighted by molar-refractivity contribution is -0.671. The van der Waals surface area contributed by atoms with E-state index in [9.17, 15) is 9.59 Å². The van der Waals surface area contributed by atoms with E-state index < -0.39 is 6.09 Å². The van der Waals surface area contributed by atoms with Crippen LogP contribution in [0.3, 0.4) is 0 Å². The fraction of sp³-hybridized carbons (Fsp3) is 0.725. The summed E-state index contributed by atoms with van der Waals surface area (Å²) in [6.45, 7) is 3.93. The first-order valence-electron chi connectivity index (χ1n) is 19.1. The maximum atomic E-state index is 12.7. The van der Waals surface area contributed by atoms with E-state index in [1.165, 1.54) is 101 Å². The molecule has 1 aromatic heterocycles. The van der Waals surface area contributed by atoms with E-state index in [-0.39, 0.29) is 24.6 Å². The summed E-state index contributed by atoms with van der Waals surface area (Å²) in [7, 11) is 0. The van der Waals surface area contributed by atoms with E-state index >= 15 is 0 Å². The SMILES string of the molecule is CCCCCCCCCCCCCCCCCCNC(=O)OCC(OC(=O)CCCC[n+]1cccc2ccccc21)C1CCCC1. The van der Waals surface area contributed by atoms with Gasteiger partial charge >= 0.3 is 12.1 Å². The van der Waals surface area contributed by atoms with Gasteiger partial charge in [-0.25, -0.2) is 4.79 Å². The van der Waals surface area contributed by atoms with Gasteiger partial charge in [0.1, 0.15) is 19.3 Å². The molecule has 6 heteroatoms. The van der Waals surface area contributed by atoms with E-state index in [1.807, 2.05) is 0 Å². The van der Waals surface area contributed by atoms with Crippen LogP contribution in [0.15, 0.2) is 42.6 Å². The number of carbonyl (C=O) groups excluding carboxylic acids is 2. The van der Waals surface area contributed by atoms with Crippen LogP contribution in [0.4, 0.5) is 4.79 Å². The molecule has 258 valence electrons. The average molecular weight is 638 g/mol. The number of hydrogen-bond acceptors (Lipinski definition) is 4. The number of hydrogen-bond donors (Lipinski definition) is 1. The van der Waals surface area contributed by atoms with E-state index in [2.05, 4.69) is 59.4 Å². The molecule has 46 heavy (non-hydrogen) atoms. The maximum Gasteiger partial charge on any atom is 0.407 e. The van der Waals surface area contributed by atoms with Crippen LogP contribution in [0.1, 0.15) is 155 Å². The highest BCUT2D eigenvalue weighted by Crippen LogP contribution is 2.30. The number of nitrogens with one attached hydrogen (secondary N) is 1. The molecule has 3 rings (SSSR count). The summed E-state index contributed by atoms with van der Waals surface area (Å²) in [5.41, 5.74) is 1.21. The molecule has 1 unspecified atom stereocenters. The van der Waals surface area contributed by atoms with Crippen LogP contribution < -0.4 is 9.88 Å². The van der Waals surface area contributed by atoms with Gasteiger partial charge in [0, 0.05) is 36.9 Å². The minimum Gasteiger partial charge on any atom is -0.458 e. The number of aryl methyl sites for hydroxylation is 1. The lowest BCUT2D eigenvalue weighted by Crippen LogP contribution is -2.35. The number of fused-ring (bicyclic) bond motifs is 1. The van der Waals surface area contributed by atoms with Crippen molar-refractivity contribution in [1.29, 1.82) is 0 Å². The van der Waals surface area contributed by atoms with Gasteiger partial charge in [-0.2, -0.15) is 4.57 Å². The minimum atomic E-state index is -0.396. The number of nitrogens with zero attached hydrogens (tertiary/aromatic N) is 1. The highest BCUT2D eigenvalue weighted by molar-refractivity contribution is 5.75. The number of amides is 1. The Hall–Kier alpha value is -2.63. The van der Waals surface area contributed by atoms with Gasteiger partial charge in [-0.1, -0.05) is 128 Å². The molecule has 1 heterocycles. The summed E-state index contributed by atoms with van der Waals surface area (Å²) in [5, 5.41) is 4.12. The number of aromatic nitrogens is 1. The quantitative estimate of drug-likeness (QED) is 0.0633. The zero-order valence-corrected chi connectivity index (χ0v) is 29.2. The van der Waals surface area contributed by atoms with Crippen LogP contribution in [0.25, 0.3) is 10.9 Å². The number of esters is 1. The molecule has 0 spiro atoms. The molecule has 1 fully saturated rings. The van der Waals surface area contributed by atoms with Crippen molar-refractivity contribution >= 4 is 23.0 Å². The lowest BCUT2D eigenvalue weighted by atomic mass is 10.0. The van der Waals surface area contributed by atoms with Crippen molar-refractivity contribution < 1.29 is 23.6 Å². The highest BCUT2D eigenvalue weighted by Gasteiger charge is 2.29. The number of carbonyl (C=O) groups is 2. The number of alkyl carbamates (subject to hydrolysis) is 1. The molecular weight excluding hydrogens is 572 g/mol. The van der Waals surface area contributed by atoms with Crippen LogP contribution >= 0.6 is 0 Å². The van der Waals surface area contributed by atoms with E-state index in [4.69, 9.17) is 9.47 Å². The van der Waals surface area contributed by atoms with Crippen molar-refractivity contribution in [2.24, 2.45) is 5.92 Å². The number of ether oxygens (including phenoxy) is 2. The first kappa shape index (κ1) is 37.8. The van der Waals surface area contributed by atoms with Gasteiger partial charge < -0.3 is 14.8 Å². The smallest absolute Gasteiger partial charge is 0.407 e. The molecule has 6 nitrogen and oxygen atoms in total. The van der Waals surface area contributed by atoms with Crippen molar-refractivity contribution in [3.05, 3.63) is 42.6 Å². The van der Waals surface area contributed by atoms with E-state index in [0.29, 0.717) is 13.0 Å². The number of rotatable bonds is 26. The first-order chi connectivity index (χ1) is 22.7. The predicted molar refractivity (Wildman–Crippen MR) is 189 cm³/mol. The number of para-hydroxylation sites is 1. The Bertz CT molecular complexity index is 1080. The zero-order chi connectivity index (χ0) is 32.5. The third-order valence-corrected chi connectivity index (χ3v) is 9.70. The topological polar surface area (TPSA) is 68.5 Å². The summed E-state index contributed by atoms with van der Waals surface area (Å²) in [4.78, 5) is 25.1. The summed E-state index contributed by atoms with van der Waals surface area (Å²) in [6.07, 6.45) is 29.1. The third-order valence-electron chi connectivity index (χ3n) is 9.70. The Balaban J connectivity index is 1.18. The van der Waals surface area contributed by atoms with Crippen LogP contribution in [0, 0.1) is 5.92 Å². The Morgan fingerprint density at radius 3 is 2.00 bits per heavy atom. The summed E-state index contributed by atoms with van der Waals surface area (Å²) >= 11 is 0. The van der Waals surface area contributed by atoms with E-state index in [0.717, 1.165) is 57.9 Å². The van der Waals surface area contributed by atoms with Gasteiger partial charge in [-0.3, -0.25) is 4.79 Å². The Labute approximate surface area is 280 Å². The molecule has 0 radical (unpaired) electrons. The molecule has 1 amide bonds. The zero-order valence-electron chi connectivity index (χ0n) is 29.2. The van der Waals surface area contributed by atoms with Crippen molar-refractivity contribution in [3.8, 4) is 0 Å². The molecule has 1 N–H and O–H groups in total. The maximum absolute atomic E-state index is 12.7. The monoisotopic (exact) mass is 637 g/mol. The Kier molecular flexibility index (Phi) is 20.2. The van der Waals surface area contributed by atoms with Crippen molar-refractivity contribution in [3.63, 3.8) is 0 Å². The number of benzene rings is 1. The van der Waals surface area contributed by atoms with Crippen LogP contribution in [-0.2, 0) is 20.8 Å². The number of unbranched alkanes of at least 4 members (excludes halogenated alkanes) is 16. The van der Waals surface area contributed by atoms with Gasteiger partial charge in [0.05, 0.1) is 0 Å². The summed E-state index contributed by atoms with van der Waals surface area (Å²) in [5.74, 6) is 0.0975. The van der Waals surface area contributed by atoms with Crippen LogP contribution in [0.5, 0.6) is 0 Å². The second kappa shape index (κ2) is 24.5. The molecule has 1 aliphatic carbocycles.